The maximum atomic E-state index is 12.1. The zero-order valence-corrected chi connectivity index (χ0v) is 15.8. The van der Waals surface area contributed by atoms with Crippen molar-refractivity contribution in [3.8, 4) is 5.75 Å². The molecule has 26 heavy (non-hydrogen) atoms. The van der Waals surface area contributed by atoms with Crippen molar-refractivity contribution >= 4 is 15.9 Å². The van der Waals surface area contributed by atoms with E-state index in [0.717, 1.165) is 17.4 Å². The van der Waals surface area contributed by atoms with E-state index in [1.165, 1.54) is 4.31 Å². The highest BCUT2D eigenvalue weighted by molar-refractivity contribution is 7.88. The van der Waals surface area contributed by atoms with Crippen molar-refractivity contribution in [1.82, 2.24) is 9.62 Å². The Morgan fingerprint density at radius 2 is 1.77 bits per heavy atom. The summed E-state index contributed by atoms with van der Waals surface area (Å²) in [7, 11) is -1.91. The smallest absolute Gasteiger partial charge is 0.235 e. The molecule has 0 unspecified atom stereocenters. The van der Waals surface area contributed by atoms with E-state index < -0.39 is 10.0 Å². The molecule has 0 atom stereocenters. The summed E-state index contributed by atoms with van der Waals surface area (Å²) >= 11 is 0. The lowest BCUT2D eigenvalue weighted by Gasteiger charge is -2.19. The lowest BCUT2D eigenvalue weighted by Crippen LogP contribution is -2.41. The summed E-state index contributed by atoms with van der Waals surface area (Å²) in [6.45, 7) is 0.396. The van der Waals surface area contributed by atoms with E-state index >= 15 is 0 Å². The highest BCUT2D eigenvalue weighted by Crippen LogP contribution is 2.13. The molecule has 1 amide bonds. The summed E-state index contributed by atoms with van der Waals surface area (Å²) in [6.07, 6.45) is 1.61. The van der Waals surface area contributed by atoms with Gasteiger partial charge in [-0.2, -0.15) is 4.31 Å². The number of ether oxygens (including phenoxy) is 1. The SMILES string of the molecule is COc1cccc(CCN(CC(=O)NCc2ccccc2)S(C)(=O)=O)c1. The summed E-state index contributed by atoms with van der Waals surface area (Å²) in [5, 5.41) is 2.75. The summed E-state index contributed by atoms with van der Waals surface area (Å²) in [5.41, 5.74) is 1.91. The molecule has 1 N–H and O–H groups in total. The van der Waals surface area contributed by atoms with E-state index in [4.69, 9.17) is 4.74 Å². The summed E-state index contributed by atoms with van der Waals surface area (Å²) in [5.74, 6) is 0.388. The van der Waals surface area contributed by atoms with Crippen molar-refractivity contribution < 1.29 is 17.9 Å². The maximum absolute atomic E-state index is 12.1. The van der Waals surface area contributed by atoms with E-state index in [9.17, 15) is 13.2 Å². The Morgan fingerprint density at radius 3 is 2.42 bits per heavy atom. The molecule has 0 radical (unpaired) electrons. The fraction of sp³-hybridized carbons (Fsp3) is 0.316. The van der Waals surface area contributed by atoms with Gasteiger partial charge >= 0.3 is 0 Å². The molecule has 0 bridgehead atoms. The number of hydrogen-bond acceptors (Lipinski definition) is 4. The molecule has 0 saturated carbocycles. The van der Waals surface area contributed by atoms with Gasteiger partial charge in [0.05, 0.1) is 19.9 Å². The number of benzene rings is 2. The zero-order valence-electron chi connectivity index (χ0n) is 15.0. The number of methoxy groups -OCH3 is 1. The van der Waals surface area contributed by atoms with Crippen LogP contribution >= 0.6 is 0 Å². The first-order chi connectivity index (χ1) is 12.4. The summed E-state index contributed by atoms with van der Waals surface area (Å²) < 4.78 is 30.4. The molecule has 0 spiro atoms. The first-order valence-electron chi connectivity index (χ1n) is 8.27. The van der Waals surface area contributed by atoms with Gasteiger partial charge in [-0.25, -0.2) is 8.42 Å². The average Bonchev–Trinajstić information content (AvgIpc) is 2.63. The monoisotopic (exact) mass is 376 g/mol. The van der Waals surface area contributed by atoms with Crippen LogP contribution in [-0.2, 0) is 27.8 Å². The van der Waals surface area contributed by atoms with E-state index in [1.54, 1.807) is 7.11 Å². The maximum Gasteiger partial charge on any atom is 0.235 e. The van der Waals surface area contributed by atoms with E-state index in [-0.39, 0.29) is 19.0 Å². The molecular formula is C19H24N2O4S. The van der Waals surface area contributed by atoms with Crippen LogP contribution in [0.5, 0.6) is 5.75 Å². The molecule has 0 aliphatic heterocycles. The molecule has 0 aliphatic rings. The zero-order chi connectivity index (χ0) is 19.0. The molecule has 0 heterocycles. The Bertz CT molecular complexity index is 822. The Kier molecular flexibility index (Phi) is 7.17. The quantitative estimate of drug-likeness (QED) is 0.724. The van der Waals surface area contributed by atoms with Crippen LogP contribution in [0.25, 0.3) is 0 Å². The minimum absolute atomic E-state index is 0.199. The number of sulfonamides is 1. The van der Waals surface area contributed by atoms with E-state index in [0.29, 0.717) is 18.7 Å². The number of nitrogens with zero attached hydrogens (tertiary/aromatic N) is 1. The van der Waals surface area contributed by atoms with Crippen molar-refractivity contribution in [1.29, 1.82) is 0 Å². The Hall–Kier alpha value is -2.38. The number of carbonyl (C=O) groups is 1. The number of hydrogen-bond donors (Lipinski definition) is 1. The first kappa shape index (κ1) is 19.9. The van der Waals surface area contributed by atoms with E-state index in [2.05, 4.69) is 5.32 Å². The second-order valence-electron chi connectivity index (χ2n) is 5.96. The molecule has 140 valence electrons. The second-order valence-corrected chi connectivity index (χ2v) is 7.94. The molecule has 0 aromatic heterocycles. The molecule has 0 fully saturated rings. The standard InChI is InChI=1S/C19H24N2O4S/c1-25-18-10-6-9-16(13-18)11-12-21(26(2,23)24)15-19(22)20-14-17-7-4-3-5-8-17/h3-10,13H,11-12,14-15H2,1-2H3,(H,20,22). The Morgan fingerprint density at radius 1 is 1.08 bits per heavy atom. The van der Waals surface area contributed by atoms with Gasteiger partial charge in [0, 0.05) is 13.1 Å². The molecule has 2 rings (SSSR count). The largest absolute Gasteiger partial charge is 0.497 e. The topological polar surface area (TPSA) is 75.7 Å². The molecular weight excluding hydrogens is 352 g/mol. The fourth-order valence-electron chi connectivity index (χ4n) is 2.46. The predicted octanol–water partition coefficient (Wildman–Crippen LogP) is 1.82. The normalized spacial score (nSPS) is 11.3. The van der Waals surface area contributed by atoms with Crippen LogP contribution in [0, 0.1) is 0 Å². The molecule has 0 saturated heterocycles. The highest BCUT2D eigenvalue weighted by Gasteiger charge is 2.20. The molecule has 7 heteroatoms. The van der Waals surface area contributed by atoms with Gasteiger partial charge in [0.2, 0.25) is 15.9 Å². The van der Waals surface area contributed by atoms with Crippen LogP contribution in [0.1, 0.15) is 11.1 Å². The van der Waals surface area contributed by atoms with Crippen molar-refractivity contribution in [3.63, 3.8) is 0 Å². The van der Waals surface area contributed by atoms with Crippen LogP contribution in [0.15, 0.2) is 54.6 Å². The van der Waals surface area contributed by atoms with Crippen LogP contribution in [-0.4, -0.2) is 45.1 Å². The number of nitrogens with one attached hydrogen (secondary N) is 1. The average molecular weight is 376 g/mol. The Balaban J connectivity index is 1.93. The van der Waals surface area contributed by atoms with Gasteiger partial charge in [-0.1, -0.05) is 42.5 Å². The Labute approximate surface area is 154 Å². The third-order valence-electron chi connectivity index (χ3n) is 3.91. The first-order valence-corrected chi connectivity index (χ1v) is 10.1. The van der Waals surface area contributed by atoms with Crippen LogP contribution < -0.4 is 10.1 Å². The molecule has 0 aliphatic carbocycles. The van der Waals surface area contributed by atoms with Crippen LogP contribution in [0.3, 0.4) is 0 Å². The number of rotatable bonds is 9. The van der Waals surface area contributed by atoms with Gasteiger partial charge in [0.15, 0.2) is 0 Å². The predicted molar refractivity (Wildman–Crippen MR) is 101 cm³/mol. The van der Waals surface area contributed by atoms with Gasteiger partial charge in [0.25, 0.3) is 0 Å². The highest BCUT2D eigenvalue weighted by atomic mass is 32.2. The lowest BCUT2D eigenvalue weighted by molar-refractivity contribution is -0.121. The van der Waals surface area contributed by atoms with Crippen molar-refractivity contribution in [2.75, 3.05) is 26.5 Å². The van der Waals surface area contributed by atoms with Crippen molar-refractivity contribution in [3.05, 3.63) is 65.7 Å². The van der Waals surface area contributed by atoms with Crippen molar-refractivity contribution in [2.45, 2.75) is 13.0 Å². The molecule has 2 aromatic carbocycles. The number of amides is 1. The van der Waals surface area contributed by atoms with Gasteiger partial charge in [-0.05, 0) is 29.7 Å². The number of carbonyl (C=O) groups excluding carboxylic acids is 1. The summed E-state index contributed by atoms with van der Waals surface area (Å²) in [4.78, 5) is 12.1. The lowest BCUT2D eigenvalue weighted by atomic mass is 10.1. The van der Waals surface area contributed by atoms with Gasteiger partial charge in [0.1, 0.15) is 5.75 Å². The minimum Gasteiger partial charge on any atom is -0.497 e. The van der Waals surface area contributed by atoms with Crippen molar-refractivity contribution in [2.24, 2.45) is 0 Å². The van der Waals surface area contributed by atoms with Gasteiger partial charge in [-0.3, -0.25) is 4.79 Å². The third-order valence-corrected chi connectivity index (χ3v) is 5.16. The van der Waals surface area contributed by atoms with Gasteiger partial charge < -0.3 is 10.1 Å². The minimum atomic E-state index is -3.49. The fourth-order valence-corrected chi connectivity index (χ4v) is 3.23. The van der Waals surface area contributed by atoms with Crippen LogP contribution in [0.2, 0.25) is 0 Å². The van der Waals surface area contributed by atoms with Crippen LogP contribution in [0.4, 0.5) is 0 Å². The van der Waals surface area contributed by atoms with E-state index in [1.807, 2.05) is 54.6 Å². The van der Waals surface area contributed by atoms with Gasteiger partial charge in [-0.15, -0.1) is 0 Å². The molecule has 6 nitrogen and oxygen atoms in total. The summed E-state index contributed by atoms with van der Waals surface area (Å²) in [6, 6.07) is 16.9. The molecule has 2 aromatic rings. The third kappa shape index (κ3) is 6.50. The second kappa shape index (κ2) is 9.35.